The Kier molecular flexibility index (Phi) is 5.34. The molecule has 0 radical (unpaired) electrons. The maximum Gasteiger partial charge on any atom is 0.161 e. The summed E-state index contributed by atoms with van der Waals surface area (Å²) in [5.74, 6) is 1.26. The number of thiazole rings is 1. The molecule has 0 saturated heterocycles. The van der Waals surface area contributed by atoms with Crippen LogP contribution in [-0.2, 0) is 0 Å². The molecule has 1 aromatic carbocycles. The molecule has 0 fully saturated rings. The molecule has 0 amide bonds. The first kappa shape index (κ1) is 15.8. The summed E-state index contributed by atoms with van der Waals surface area (Å²) >= 11 is 1.46. The van der Waals surface area contributed by atoms with Crippen LogP contribution in [0.4, 0.5) is 0 Å². The van der Waals surface area contributed by atoms with E-state index in [0.29, 0.717) is 28.7 Å². The monoisotopic (exact) mass is 312 g/mol. The Bertz CT molecular complexity index is 741. The highest BCUT2D eigenvalue weighted by Gasteiger charge is 2.08. The molecule has 4 nitrogen and oxygen atoms in total. The van der Waals surface area contributed by atoms with Crippen LogP contribution >= 0.6 is 11.3 Å². The number of aromatic nitrogens is 1. The summed E-state index contributed by atoms with van der Waals surface area (Å²) in [6.45, 7) is 5.93. The maximum absolute atomic E-state index is 9.33. The van der Waals surface area contributed by atoms with Crippen LogP contribution in [0.1, 0.15) is 16.3 Å². The number of nitriles is 1. The molecule has 2 rings (SSSR count). The first-order valence-electron chi connectivity index (χ1n) is 6.64. The van der Waals surface area contributed by atoms with Gasteiger partial charge in [0.15, 0.2) is 11.5 Å². The second-order valence-electron chi connectivity index (χ2n) is 4.47. The van der Waals surface area contributed by atoms with Crippen LogP contribution in [-0.4, -0.2) is 18.7 Å². The molecule has 0 unspecified atom stereocenters. The molecule has 0 aliphatic carbocycles. The molecule has 0 N–H and O–H groups in total. The van der Waals surface area contributed by atoms with Gasteiger partial charge in [0.25, 0.3) is 0 Å². The third-order valence-corrected chi connectivity index (χ3v) is 3.82. The van der Waals surface area contributed by atoms with Crippen molar-refractivity contribution in [3.8, 4) is 17.6 Å². The van der Waals surface area contributed by atoms with Gasteiger partial charge in [-0.15, -0.1) is 11.3 Å². The van der Waals surface area contributed by atoms with E-state index in [1.165, 1.54) is 11.3 Å². The van der Waals surface area contributed by atoms with E-state index in [-0.39, 0.29) is 0 Å². The van der Waals surface area contributed by atoms with Gasteiger partial charge < -0.3 is 9.47 Å². The molecule has 112 valence electrons. The summed E-state index contributed by atoms with van der Waals surface area (Å²) in [4.78, 5) is 4.34. The van der Waals surface area contributed by atoms with Crippen LogP contribution in [0.15, 0.2) is 36.2 Å². The van der Waals surface area contributed by atoms with Gasteiger partial charge in [-0.2, -0.15) is 5.26 Å². The van der Waals surface area contributed by atoms with Crippen molar-refractivity contribution in [1.29, 1.82) is 5.26 Å². The normalized spacial score (nSPS) is 10.9. The molecular weight excluding hydrogens is 296 g/mol. The molecule has 22 heavy (non-hydrogen) atoms. The number of hydrogen-bond donors (Lipinski definition) is 0. The van der Waals surface area contributed by atoms with Crippen molar-refractivity contribution in [2.75, 3.05) is 13.7 Å². The summed E-state index contributed by atoms with van der Waals surface area (Å²) in [6, 6.07) is 7.71. The highest BCUT2D eigenvalue weighted by molar-refractivity contribution is 7.11. The lowest BCUT2D eigenvalue weighted by atomic mass is 10.1. The number of hydrogen-bond acceptors (Lipinski definition) is 5. The van der Waals surface area contributed by atoms with Crippen LogP contribution in [0.2, 0.25) is 0 Å². The first-order chi connectivity index (χ1) is 10.7. The summed E-state index contributed by atoms with van der Waals surface area (Å²) in [7, 11) is 1.58. The third kappa shape index (κ3) is 3.74. The van der Waals surface area contributed by atoms with Gasteiger partial charge in [-0.25, -0.2) is 4.98 Å². The number of allylic oxidation sites excluding steroid dienone is 1. The van der Waals surface area contributed by atoms with Crippen LogP contribution < -0.4 is 9.47 Å². The lowest BCUT2D eigenvalue weighted by Crippen LogP contribution is -1.96. The topological polar surface area (TPSA) is 55.1 Å². The van der Waals surface area contributed by atoms with E-state index in [9.17, 15) is 5.26 Å². The van der Waals surface area contributed by atoms with Crippen molar-refractivity contribution < 1.29 is 9.47 Å². The quantitative estimate of drug-likeness (QED) is 0.595. The van der Waals surface area contributed by atoms with Crippen LogP contribution in [0, 0.1) is 18.3 Å². The average molecular weight is 312 g/mol. The summed E-state index contributed by atoms with van der Waals surface area (Å²) in [6.07, 6.45) is 3.46. The van der Waals surface area contributed by atoms with Crippen LogP contribution in [0.5, 0.6) is 11.5 Å². The minimum absolute atomic E-state index is 0.410. The number of aryl methyl sites for hydroxylation is 1. The highest BCUT2D eigenvalue weighted by Crippen LogP contribution is 2.30. The molecule has 0 spiro atoms. The van der Waals surface area contributed by atoms with E-state index in [1.54, 1.807) is 19.3 Å². The van der Waals surface area contributed by atoms with Gasteiger partial charge in [-0.05, 0) is 30.7 Å². The Morgan fingerprint density at radius 2 is 2.27 bits per heavy atom. The number of ether oxygens (including phenoxy) is 2. The first-order valence-corrected chi connectivity index (χ1v) is 7.52. The van der Waals surface area contributed by atoms with E-state index >= 15 is 0 Å². The summed E-state index contributed by atoms with van der Waals surface area (Å²) in [5.41, 5.74) is 2.29. The third-order valence-electron chi connectivity index (χ3n) is 2.83. The molecule has 0 saturated carbocycles. The van der Waals surface area contributed by atoms with Gasteiger partial charge in [-0.3, -0.25) is 0 Å². The van der Waals surface area contributed by atoms with Gasteiger partial charge in [0.1, 0.15) is 17.7 Å². The molecule has 5 heteroatoms. The molecule has 0 aliphatic rings. The molecule has 0 aliphatic heterocycles. The maximum atomic E-state index is 9.33. The fourth-order valence-electron chi connectivity index (χ4n) is 1.83. The predicted octanol–water partition coefficient (Wildman–Crippen LogP) is 4.09. The second-order valence-corrected chi connectivity index (χ2v) is 5.33. The van der Waals surface area contributed by atoms with Crippen molar-refractivity contribution in [2.24, 2.45) is 0 Å². The van der Waals surface area contributed by atoms with Crippen molar-refractivity contribution in [2.45, 2.75) is 6.92 Å². The van der Waals surface area contributed by atoms with E-state index < -0.39 is 0 Å². The predicted molar refractivity (Wildman–Crippen MR) is 89.0 cm³/mol. The SMILES string of the molecule is C=CCOc1ccc(/C=C(\C#N)c2nc(C)cs2)cc1OC. The number of rotatable bonds is 6. The summed E-state index contributed by atoms with van der Waals surface area (Å²) < 4.78 is 10.8. The van der Waals surface area contributed by atoms with E-state index in [0.717, 1.165) is 11.3 Å². The van der Waals surface area contributed by atoms with Crippen molar-refractivity contribution in [3.63, 3.8) is 0 Å². The average Bonchev–Trinajstić information content (AvgIpc) is 2.97. The second kappa shape index (κ2) is 7.43. The fraction of sp³-hybridized carbons (Fsp3) is 0.176. The minimum atomic E-state index is 0.410. The van der Waals surface area contributed by atoms with Gasteiger partial charge in [-0.1, -0.05) is 18.7 Å². The Hall–Kier alpha value is -2.58. The van der Waals surface area contributed by atoms with Crippen molar-refractivity contribution in [1.82, 2.24) is 4.98 Å². The Labute approximate surface area is 134 Å². The lowest BCUT2D eigenvalue weighted by molar-refractivity contribution is 0.326. The van der Waals surface area contributed by atoms with Crippen molar-refractivity contribution >= 4 is 23.0 Å². The van der Waals surface area contributed by atoms with Gasteiger partial charge in [0, 0.05) is 11.1 Å². The minimum Gasteiger partial charge on any atom is -0.493 e. The smallest absolute Gasteiger partial charge is 0.161 e. The Morgan fingerprint density at radius 1 is 1.45 bits per heavy atom. The Balaban J connectivity index is 2.33. The molecular formula is C17H16N2O2S. The number of benzene rings is 1. The zero-order chi connectivity index (χ0) is 15.9. The number of methoxy groups -OCH3 is 1. The van der Waals surface area contributed by atoms with E-state index in [2.05, 4.69) is 17.6 Å². The summed E-state index contributed by atoms with van der Waals surface area (Å²) in [5, 5.41) is 12.0. The van der Waals surface area contributed by atoms with Crippen LogP contribution in [0.3, 0.4) is 0 Å². The molecule has 0 atom stereocenters. The Morgan fingerprint density at radius 3 is 2.86 bits per heavy atom. The molecule has 0 bridgehead atoms. The zero-order valence-corrected chi connectivity index (χ0v) is 13.3. The van der Waals surface area contributed by atoms with Crippen LogP contribution in [0.25, 0.3) is 11.6 Å². The molecule has 1 heterocycles. The molecule has 1 aromatic heterocycles. The fourth-order valence-corrected chi connectivity index (χ4v) is 2.59. The van der Waals surface area contributed by atoms with Gasteiger partial charge in [0.2, 0.25) is 0 Å². The van der Waals surface area contributed by atoms with E-state index in [1.807, 2.05) is 30.5 Å². The standard InChI is InChI=1S/C17H16N2O2S/c1-4-7-21-15-6-5-13(9-16(15)20-3)8-14(10-18)17-19-12(2)11-22-17/h4-6,8-9,11H,1,7H2,2-3H3/b14-8+. The van der Waals surface area contributed by atoms with Crippen molar-refractivity contribution in [3.05, 3.63) is 52.5 Å². The van der Waals surface area contributed by atoms with Gasteiger partial charge in [0.05, 0.1) is 12.7 Å². The molecule has 2 aromatic rings. The number of nitrogens with zero attached hydrogens (tertiary/aromatic N) is 2. The largest absolute Gasteiger partial charge is 0.493 e. The highest BCUT2D eigenvalue weighted by atomic mass is 32.1. The van der Waals surface area contributed by atoms with E-state index in [4.69, 9.17) is 9.47 Å². The zero-order valence-electron chi connectivity index (χ0n) is 12.5. The lowest BCUT2D eigenvalue weighted by Gasteiger charge is -2.09. The van der Waals surface area contributed by atoms with Gasteiger partial charge >= 0.3 is 0 Å².